The number of benzene rings is 1. The molecule has 1 N–H and O–H groups in total. The minimum atomic E-state index is -0.171. The van der Waals surface area contributed by atoms with Gasteiger partial charge in [0.1, 0.15) is 0 Å². The van der Waals surface area contributed by atoms with Crippen molar-refractivity contribution in [2.24, 2.45) is 28.6 Å². The Labute approximate surface area is 173 Å². The van der Waals surface area contributed by atoms with Crippen molar-refractivity contribution in [2.45, 2.75) is 64.9 Å². The van der Waals surface area contributed by atoms with Crippen LogP contribution in [0, 0.1) is 28.6 Å². The van der Waals surface area contributed by atoms with Crippen LogP contribution in [0.3, 0.4) is 0 Å². The van der Waals surface area contributed by atoms with Crippen molar-refractivity contribution >= 4 is 17.9 Å². The van der Waals surface area contributed by atoms with Crippen LogP contribution in [0.25, 0.3) is 0 Å². The number of para-hydroxylation sites is 1. The van der Waals surface area contributed by atoms with E-state index >= 15 is 0 Å². The average molecular weight is 394 g/mol. The van der Waals surface area contributed by atoms with Gasteiger partial charge in [-0.25, -0.2) is 0 Å². The molecular formula is C25H31NO3. The van der Waals surface area contributed by atoms with Crippen molar-refractivity contribution in [1.29, 1.82) is 0 Å². The number of fused-ring (bicyclic) bond motifs is 5. The first kappa shape index (κ1) is 19.0. The maximum absolute atomic E-state index is 13.0. The van der Waals surface area contributed by atoms with E-state index in [2.05, 4.69) is 19.9 Å². The van der Waals surface area contributed by atoms with E-state index in [4.69, 9.17) is 0 Å². The maximum atomic E-state index is 13.0. The summed E-state index contributed by atoms with van der Waals surface area (Å²) in [6, 6.07) is 7.44. The average Bonchev–Trinajstić information content (AvgIpc) is 3.03. The molecule has 154 valence electrons. The Morgan fingerprint density at radius 3 is 2.69 bits per heavy atom. The first-order valence-corrected chi connectivity index (χ1v) is 11.2. The summed E-state index contributed by atoms with van der Waals surface area (Å²) in [7, 11) is 0. The van der Waals surface area contributed by atoms with E-state index in [0.717, 1.165) is 56.2 Å². The second-order valence-corrected chi connectivity index (χ2v) is 10.2. The van der Waals surface area contributed by atoms with E-state index in [9.17, 15) is 14.7 Å². The zero-order valence-electron chi connectivity index (χ0n) is 17.4. The van der Waals surface area contributed by atoms with Crippen LogP contribution in [0.15, 0.2) is 36.0 Å². The van der Waals surface area contributed by atoms with Gasteiger partial charge in [0.25, 0.3) is 0 Å². The number of aliphatic hydroxyl groups excluding tert-OH is 1. The topological polar surface area (TPSA) is 57.6 Å². The third-order valence-corrected chi connectivity index (χ3v) is 9.03. The Hall–Kier alpha value is -1.94. The summed E-state index contributed by atoms with van der Waals surface area (Å²) in [4.78, 5) is 26.5. The SMILES string of the molecule is C[C@]12CCC(=O)N(c3ccccc3C=O)C1=CC[C@@H]1[C@H]2CC[C@]2(C)C(O)CC[C@@H]12. The van der Waals surface area contributed by atoms with Gasteiger partial charge in [-0.15, -0.1) is 0 Å². The summed E-state index contributed by atoms with van der Waals surface area (Å²) in [6.45, 7) is 4.64. The van der Waals surface area contributed by atoms with Gasteiger partial charge in [-0.3, -0.25) is 14.5 Å². The zero-order valence-corrected chi connectivity index (χ0v) is 17.4. The third kappa shape index (κ3) is 2.54. The molecule has 4 aliphatic rings. The van der Waals surface area contributed by atoms with Gasteiger partial charge in [0.2, 0.25) is 5.91 Å². The number of carbonyl (C=O) groups excluding carboxylic acids is 2. The normalized spacial score (nSPS) is 41.3. The summed E-state index contributed by atoms with van der Waals surface area (Å²) in [6.07, 6.45) is 9.57. The first-order valence-electron chi connectivity index (χ1n) is 11.2. The Morgan fingerprint density at radius 1 is 1.10 bits per heavy atom. The van der Waals surface area contributed by atoms with Gasteiger partial charge in [0.15, 0.2) is 6.29 Å². The van der Waals surface area contributed by atoms with Crippen molar-refractivity contribution in [3.63, 3.8) is 0 Å². The highest BCUT2D eigenvalue weighted by Gasteiger charge is 2.59. The van der Waals surface area contributed by atoms with Crippen molar-refractivity contribution < 1.29 is 14.7 Å². The standard InChI is InChI=1S/C25H31NO3/c1-24-14-12-23(29)26(20-6-4-3-5-16(20)15-27)21(24)9-7-17-18-8-10-22(28)25(18,2)13-11-19(17)24/h3-6,9,15,17-19,22,28H,7-8,10-14H2,1-2H3/t17-,18-,19+,22?,24+,25-/m0/s1. The monoisotopic (exact) mass is 393 g/mol. The molecule has 29 heavy (non-hydrogen) atoms. The number of allylic oxidation sites excluding steroid dienone is 2. The minimum absolute atomic E-state index is 0.0527. The molecule has 0 aromatic heterocycles. The Kier molecular flexibility index (Phi) is 4.29. The minimum Gasteiger partial charge on any atom is -0.393 e. The van der Waals surface area contributed by atoms with E-state index in [1.165, 1.54) is 0 Å². The highest BCUT2D eigenvalue weighted by atomic mass is 16.3. The number of piperidine rings is 1. The largest absolute Gasteiger partial charge is 0.393 e. The van der Waals surface area contributed by atoms with Crippen LogP contribution in [-0.4, -0.2) is 23.4 Å². The quantitative estimate of drug-likeness (QED) is 0.740. The molecule has 0 spiro atoms. The van der Waals surface area contributed by atoms with Gasteiger partial charge in [-0.1, -0.05) is 32.1 Å². The van der Waals surface area contributed by atoms with Crippen molar-refractivity contribution in [3.8, 4) is 0 Å². The molecule has 1 unspecified atom stereocenters. The first-order chi connectivity index (χ1) is 13.9. The highest BCUT2D eigenvalue weighted by Crippen LogP contribution is 2.64. The summed E-state index contributed by atoms with van der Waals surface area (Å²) < 4.78 is 0. The van der Waals surface area contributed by atoms with Crippen molar-refractivity contribution in [3.05, 3.63) is 41.6 Å². The molecule has 0 radical (unpaired) electrons. The molecule has 1 amide bonds. The van der Waals surface area contributed by atoms with Gasteiger partial charge in [0, 0.05) is 23.1 Å². The second kappa shape index (κ2) is 6.53. The summed E-state index contributed by atoms with van der Waals surface area (Å²) >= 11 is 0. The number of nitrogens with zero attached hydrogens (tertiary/aromatic N) is 1. The molecule has 1 saturated heterocycles. The highest BCUT2D eigenvalue weighted by molar-refractivity contribution is 6.02. The van der Waals surface area contributed by atoms with Gasteiger partial charge >= 0.3 is 0 Å². The number of rotatable bonds is 2. The Bertz CT molecular complexity index is 892. The van der Waals surface area contributed by atoms with Crippen LogP contribution in [0.2, 0.25) is 0 Å². The molecule has 6 atom stereocenters. The number of carbonyl (C=O) groups is 2. The summed E-state index contributed by atoms with van der Waals surface area (Å²) in [5.41, 5.74) is 2.40. The molecule has 4 heteroatoms. The summed E-state index contributed by atoms with van der Waals surface area (Å²) in [5.74, 6) is 1.78. The lowest BCUT2D eigenvalue weighted by Gasteiger charge is -2.58. The van der Waals surface area contributed by atoms with Crippen LogP contribution >= 0.6 is 0 Å². The lowest BCUT2D eigenvalue weighted by atomic mass is 9.49. The predicted molar refractivity (Wildman–Crippen MR) is 112 cm³/mol. The Morgan fingerprint density at radius 2 is 1.90 bits per heavy atom. The smallest absolute Gasteiger partial charge is 0.231 e. The van der Waals surface area contributed by atoms with E-state index in [0.29, 0.717) is 29.7 Å². The van der Waals surface area contributed by atoms with Gasteiger partial charge in [-0.05, 0) is 73.8 Å². The van der Waals surface area contributed by atoms with E-state index in [1.54, 1.807) is 6.07 Å². The number of anilines is 1. The van der Waals surface area contributed by atoms with Gasteiger partial charge in [0.05, 0.1) is 11.8 Å². The fourth-order valence-corrected chi connectivity index (χ4v) is 7.38. The van der Waals surface area contributed by atoms with E-state index < -0.39 is 0 Å². The van der Waals surface area contributed by atoms with Crippen LogP contribution in [0.1, 0.15) is 69.2 Å². The predicted octanol–water partition coefficient (Wildman–Crippen LogP) is 4.72. The van der Waals surface area contributed by atoms with E-state index in [1.807, 2.05) is 23.1 Å². The fourth-order valence-electron chi connectivity index (χ4n) is 7.38. The lowest BCUT2D eigenvalue weighted by Crippen LogP contribution is -2.55. The molecule has 3 fully saturated rings. The number of hydrogen-bond acceptors (Lipinski definition) is 3. The summed E-state index contributed by atoms with van der Waals surface area (Å²) in [5, 5.41) is 10.7. The number of aliphatic hydroxyl groups is 1. The van der Waals surface area contributed by atoms with Crippen molar-refractivity contribution in [1.82, 2.24) is 0 Å². The molecular weight excluding hydrogens is 362 g/mol. The second-order valence-electron chi connectivity index (χ2n) is 10.2. The van der Waals surface area contributed by atoms with E-state index in [-0.39, 0.29) is 22.8 Å². The maximum Gasteiger partial charge on any atom is 0.231 e. The molecule has 2 saturated carbocycles. The molecule has 3 aliphatic carbocycles. The molecule has 1 aromatic carbocycles. The Balaban J connectivity index is 1.57. The number of aldehydes is 1. The van der Waals surface area contributed by atoms with Crippen molar-refractivity contribution in [2.75, 3.05) is 4.90 Å². The number of hydrogen-bond donors (Lipinski definition) is 1. The molecule has 5 rings (SSSR count). The van der Waals surface area contributed by atoms with Gasteiger partial charge in [-0.2, -0.15) is 0 Å². The molecule has 1 aromatic rings. The lowest BCUT2D eigenvalue weighted by molar-refractivity contribution is -0.122. The molecule has 4 nitrogen and oxygen atoms in total. The van der Waals surface area contributed by atoms with Crippen LogP contribution in [0.5, 0.6) is 0 Å². The number of amides is 1. The molecule has 1 aliphatic heterocycles. The van der Waals surface area contributed by atoms with Gasteiger partial charge < -0.3 is 5.11 Å². The third-order valence-electron chi connectivity index (χ3n) is 9.03. The van der Waals surface area contributed by atoms with Crippen LogP contribution < -0.4 is 4.90 Å². The van der Waals surface area contributed by atoms with Crippen LogP contribution in [-0.2, 0) is 4.79 Å². The zero-order chi connectivity index (χ0) is 20.4. The molecule has 1 heterocycles. The fraction of sp³-hybridized carbons (Fsp3) is 0.600. The van der Waals surface area contributed by atoms with Crippen LogP contribution in [0.4, 0.5) is 5.69 Å². The molecule has 0 bridgehead atoms.